The molecular weight excluding hydrogens is 621 g/mol. The van der Waals surface area contributed by atoms with Crippen LogP contribution in [0, 0.1) is 19.7 Å². The van der Waals surface area contributed by atoms with Crippen molar-refractivity contribution in [2.24, 2.45) is 5.16 Å². The lowest BCUT2D eigenvalue weighted by atomic mass is 9.84. The van der Waals surface area contributed by atoms with Crippen LogP contribution in [0.3, 0.4) is 0 Å². The molecule has 1 atom stereocenters. The molecular formula is C33H23F7N2O4. The Morgan fingerprint density at radius 1 is 0.848 bits per heavy atom. The minimum atomic E-state index is -4.89. The molecule has 0 fully saturated rings. The van der Waals surface area contributed by atoms with Crippen molar-refractivity contribution in [1.29, 1.82) is 0 Å². The first-order valence-corrected chi connectivity index (χ1v) is 13.6. The zero-order chi connectivity index (χ0) is 33.4. The van der Waals surface area contributed by atoms with Crippen LogP contribution < -0.4 is 10.1 Å². The number of amides is 1. The van der Waals surface area contributed by atoms with E-state index in [-0.39, 0.29) is 50.5 Å². The molecule has 0 spiro atoms. The van der Waals surface area contributed by atoms with Crippen LogP contribution in [-0.4, -0.2) is 23.8 Å². The molecule has 0 radical (unpaired) electrons. The summed E-state index contributed by atoms with van der Waals surface area (Å²) >= 11 is 0. The second-order valence-electron chi connectivity index (χ2n) is 10.6. The molecule has 1 unspecified atom stereocenters. The number of benzene rings is 4. The van der Waals surface area contributed by atoms with E-state index < -0.39 is 47.6 Å². The number of esters is 1. The molecule has 1 aliphatic rings. The maximum atomic E-state index is 14.5. The van der Waals surface area contributed by atoms with Crippen LogP contribution in [0.25, 0.3) is 0 Å². The Bertz CT molecular complexity index is 1810. The van der Waals surface area contributed by atoms with E-state index in [2.05, 4.69) is 10.5 Å². The van der Waals surface area contributed by atoms with Gasteiger partial charge in [-0.2, -0.15) is 26.3 Å². The van der Waals surface area contributed by atoms with Crippen molar-refractivity contribution in [3.05, 3.63) is 130 Å². The summed E-state index contributed by atoms with van der Waals surface area (Å²) in [7, 11) is 0. The lowest BCUT2D eigenvalue weighted by molar-refractivity contribution is -0.275. The molecule has 46 heavy (non-hydrogen) atoms. The first kappa shape index (κ1) is 32.2. The molecule has 0 bridgehead atoms. The molecule has 0 saturated heterocycles. The van der Waals surface area contributed by atoms with E-state index in [0.717, 1.165) is 36.4 Å². The van der Waals surface area contributed by atoms with Gasteiger partial charge in [0.2, 0.25) is 0 Å². The van der Waals surface area contributed by atoms with Gasteiger partial charge in [-0.1, -0.05) is 23.4 Å². The fraction of sp³-hybridized carbons (Fsp3) is 0.182. The summed E-state index contributed by atoms with van der Waals surface area (Å²) in [5.74, 6) is -2.24. The van der Waals surface area contributed by atoms with Gasteiger partial charge < -0.3 is 14.9 Å². The van der Waals surface area contributed by atoms with Crippen molar-refractivity contribution in [3.8, 4) is 5.75 Å². The molecule has 1 amide bonds. The number of hydrogen-bond acceptors (Lipinski definition) is 5. The Morgan fingerprint density at radius 2 is 1.48 bits per heavy atom. The van der Waals surface area contributed by atoms with Gasteiger partial charge >= 0.3 is 18.3 Å². The van der Waals surface area contributed by atoms with Crippen LogP contribution in [0.1, 0.15) is 55.0 Å². The quantitative estimate of drug-likeness (QED) is 0.130. The molecule has 6 nitrogen and oxygen atoms in total. The number of anilines is 1. The summed E-state index contributed by atoms with van der Waals surface area (Å²) in [4.78, 5) is 30.7. The summed E-state index contributed by atoms with van der Waals surface area (Å²) in [6, 6.07) is 16.1. The second-order valence-corrected chi connectivity index (χ2v) is 10.6. The van der Waals surface area contributed by atoms with E-state index in [9.17, 15) is 40.3 Å². The van der Waals surface area contributed by atoms with E-state index in [1.807, 2.05) is 0 Å². The van der Waals surface area contributed by atoms with Gasteiger partial charge in [0.05, 0.1) is 16.8 Å². The van der Waals surface area contributed by atoms with E-state index in [4.69, 9.17) is 9.57 Å². The number of oxime groups is 1. The number of aryl methyl sites for hydroxylation is 2. The SMILES string of the molecule is Cc1cc(C2(C(F)(F)F)CC(c3ccc(F)cc3)=NO2)cc(C)c1NC(=O)c1cccc(OC(=O)c2ccc(C(F)(F)F)cc2)c1. The van der Waals surface area contributed by atoms with Gasteiger partial charge in [0, 0.05) is 23.2 Å². The number of carbonyl (C=O) groups excluding carboxylic acids is 2. The highest BCUT2D eigenvalue weighted by atomic mass is 19.4. The highest BCUT2D eigenvalue weighted by Gasteiger charge is 2.62. The van der Waals surface area contributed by atoms with Crippen LogP contribution in [0.5, 0.6) is 5.75 Å². The number of ether oxygens (including phenoxy) is 1. The van der Waals surface area contributed by atoms with Crippen LogP contribution in [0.15, 0.2) is 90.1 Å². The predicted octanol–water partition coefficient (Wildman–Crippen LogP) is 8.52. The topological polar surface area (TPSA) is 77.0 Å². The third kappa shape index (κ3) is 6.44. The molecule has 13 heteroatoms. The molecule has 4 aromatic carbocycles. The van der Waals surface area contributed by atoms with E-state index >= 15 is 0 Å². The Kier molecular flexibility index (Phi) is 8.37. The van der Waals surface area contributed by atoms with Crippen LogP contribution in [-0.2, 0) is 16.6 Å². The standard InChI is InChI=1S/C33H23F7N2O4/c1-18-14-24(31(33(38,39)40)17-27(42-46-31)20-8-12-25(34)13-9-20)15-19(2)28(18)41-29(43)22-4-3-5-26(16-22)45-30(44)21-6-10-23(11-7-21)32(35,36)37/h3-16H,17H2,1-2H3,(H,41,43). The van der Waals surface area contributed by atoms with Crippen molar-refractivity contribution < 1.29 is 49.9 Å². The number of hydrogen-bond donors (Lipinski definition) is 1. The van der Waals surface area contributed by atoms with Crippen molar-refractivity contribution in [3.63, 3.8) is 0 Å². The molecule has 5 rings (SSSR count). The highest BCUT2D eigenvalue weighted by molar-refractivity contribution is 6.05. The average Bonchev–Trinajstić information content (AvgIpc) is 3.46. The van der Waals surface area contributed by atoms with Crippen molar-refractivity contribution in [2.45, 2.75) is 38.2 Å². The highest BCUT2D eigenvalue weighted by Crippen LogP contribution is 2.49. The maximum Gasteiger partial charge on any atom is 0.435 e. The minimum Gasteiger partial charge on any atom is -0.423 e. The third-order valence-corrected chi connectivity index (χ3v) is 7.36. The molecule has 238 valence electrons. The summed E-state index contributed by atoms with van der Waals surface area (Å²) in [5, 5.41) is 6.35. The smallest absolute Gasteiger partial charge is 0.423 e. The van der Waals surface area contributed by atoms with Crippen molar-refractivity contribution >= 4 is 23.3 Å². The average molecular weight is 645 g/mol. The maximum absolute atomic E-state index is 14.5. The Balaban J connectivity index is 1.33. The summed E-state index contributed by atoms with van der Waals surface area (Å²) in [5.41, 5.74) is -3.04. The number of nitrogens with zero attached hydrogens (tertiary/aromatic N) is 1. The van der Waals surface area contributed by atoms with Gasteiger partial charge in [-0.15, -0.1) is 0 Å². The number of halogens is 7. The summed E-state index contributed by atoms with van der Waals surface area (Å²) in [6.07, 6.45) is -10.1. The molecule has 1 aliphatic heterocycles. The Hall–Kier alpha value is -5.20. The molecule has 0 aliphatic carbocycles. The first-order chi connectivity index (χ1) is 21.6. The van der Waals surface area contributed by atoms with Gasteiger partial charge in [-0.25, -0.2) is 9.18 Å². The molecule has 4 aromatic rings. The van der Waals surface area contributed by atoms with Crippen LogP contribution in [0.4, 0.5) is 36.4 Å². The molecule has 0 saturated carbocycles. The fourth-order valence-corrected chi connectivity index (χ4v) is 4.94. The van der Waals surface area contributed by atoms with Gasteiger partial charge in [0.25, 0.3) is 11.5 Å². The monoisotopic (exact) mass is 644 g/mol. The van der Waals surface area contributed by atoms with Gasteiger partial charge in [0.1, 0.15) is 11.6 Å². The van der Waals surface area contributed by atoms with Crippen molar-refractivity contribution in [1.82, 2.24) is 0 Å². The number of nitrogens with one attached hydrogen (secondary N) is 1. The van der Waals surface area contributed by atoms with E-state index in [1.165, 1.54) is 62.4 Å². The predicted molar refractivity (Wildman–Crippen MR) is 153 cm³/mol. The zero-order valence-corrected chi connectivity index (χ0v) is 24.0. The lowest BCUT2D eigenvalue weighted by Crippen LogP contribution is -2.42. The molecule has 0 aromatic heterocycles. The Morgan fingerprint density at radius 3 is 2.07 bits per heavy atom. The number of alkyl halides is 6. The third-order valence-electron chi connectivity index (χ3n) is 7.36. The van der Waals surface area contributed by atoms with Crippen molar-refractivity contribution in [2.75, 3.05) is 5.32 Å². The molecule has 1 heterocycles. The number of carbonyl (C=O) groups is 2. The normalized spacial score (nSPS) is 16.4. The molecule has 1 N–H and O–H groups in total. The van der Waals surface area contributed by atoms with E-state index in [0.29, 0.717) is 0 Å². The summed E-state index contributed by atoms with van der Waals surface area (Å²) < 4.78 is 101. The van der Waals surface area contributed by atoms with Crippen LogP contribution in [0.2, 0.25) is 0 Å². The van der Waals surface area contributed by atoms with Gasteiger partial charge in [-0.05, 0) is 97.3 Å². The second kappa shape index (κ2) is 12.0. The van der Waals surface area contributed by atoms with E-state index in [1.54, 1.807) is 0 Å². The first-order valence-electron chi connectivity index (χ1n) is 13.6. The van der Waals surface area contributed by atoms with Gasteiger partial charge in [0.15, 0.2) is 0 Å². The lowest BCUT2D eigenvalue weighted by Gasteiger charge is -2.30. The minimum absolute atomic E-state index is 0.0103. The number of rotatable bonds is 6. The summed E-state index contributed by atoms with van der Waals surface area (Å²) in [6.45, 7) is 3.02. The van der Waals surface area contributed by atoms with Gasteiger partial charge in [-0.3, -0.25) is 4.79 Å². The Labute approximate surface area is 257 Å². The fourth-order valence-electron chi connectivity index (χ4n) is 4.94. The van der Waals surface area contributed by atoms with Crippen LogP contribution >= 0.6 is 0 Å². The largest absolute Gasteiger partial charge is 0.435 e. The zero-order valence-electron chi connectivity index (χ0n) is 24.0.